The van der Waals surface area contributed by atoms with Gasteiger partial charge in [-0.15, -0.1) is 0 Å². The lowest BCUT2D eigenvalue weighted by molar-refractivity contribution is -0.191. The van der Waals surface area contributed by atoms with Gasteiger partial charge in [-0.05, 0) is 0 Å². The van der Waals surface area contributed by atoms with Crippen LogP contribution >= 0.6 is 16.3 Å². The van der Waals surface area contributed by atoms with E-state index >= 15 is 0 Å². The zero-order chi connectivity index (χ0) is 6.78. The highest BCUT2D eigenvalue weighted by Crippen LogP contribution is 2.01. The van der Waals surface area contributed by atoms with Gasteiger partial charge < -0.3 is 14.0 Å². The first-order valence-corrected chi connectivity index (χ1v) is 2.41. The average molecular weight is 185 g/mol. The van der Waals surface area contributed by atoms with Gasteiger partial charge in [0.25, 0.3) is 5.79 Å². The Morgan fingerprint density at radius 2 is 2.12 bits per heavy atom. The zero-order valence-electron chi connectivity index (χ0n) is 4.09. The number of aliphatic hydroxyl groups is 2. The molecule has 0 atom stereocenters. The van der Waals surface area contributed by atoms with E-state index in [0.29, 0.717) is 0 Å². The second-order valence-corrected chi connectivity index (χ2v) is 1.71. The molecule has 8 heavy (non-hydrogen) atoms. The van der Waals surface area contributed by atoms with Crippen LogP contribution in [0.5, 0.6) is 0 Å². The molecule has 0 heterocycles. The fraction of sp³-hybridized carbons (Fsp3) is 0.667. The van der Waals surface area contributed by atoms with Crippen molar-refractivity contribution in [1.29, 1.82) is 0 Å². The molecule has 0 bridgehead atoms. The van der Waals surface area contributed by atoms with Gasteiger partial charge in [0.05, 0.1) is 0 Å². The van der Waals surface area contributed by atoms with Crippen LogP contribution in [0.4, 0.5) is 0 Å². The van der Waals surface area contributed by atoms with E-state index in [2.05, 4.69) is 20.1 Å². The van der Waals surface area contributed by atoms with Crippen molar-refractivity contribution in [2.75, 3.05) is 0 Å². The van der Waals surface area contributed by atoms with Crippen molar-refractivity contribution in [3.8, 4) is 0 Å². The van der Waals surface area contributed by atoms with Crippen LogP contribution in [-0.2, 0) is 8.62 Å². The Morgan fingerprint density at radius 3 is 2.12 bits per heavy atom. The predicted molar refractivity (Wildman–Crippen MR) is 27.9 cm³/mol. The minimum atomic E-state index is -2.40. The Bertz CT molecular complexity index is 93.9. The first-order chi connectivity index (χ1) is 3.48. The molecule has 4 nitrogen and oxygen atoms in total. The first-order valence-electron chi connectivity index (χ1n) is 1.76. The Kier molecular flexibility index (Phi) is 2.39. The van der Waals surface area contributed by atoms with Crippen LogP contribution in [0.2, 0.25) is 0 Å². The molecule has 48 valence electrons. The summed E-state index contributed by atoms with van der Waals surface area (Å²) in [7, 11) is 0. The summed E-state index contributed by atoms with van der Waals surface area (Å²) in [4.78, 5) is 10.1. The summed E-state index contributed by atoms with van der Waals surface area (Å²) in [5, 5.41) is 16.7. The molecular weight excluding hydrogens is 180 g/mol. The fourth-order valence-corrected chi connectivity index (χ4v) is 0.380. The van der Waals surface area contributed by atoms with E-state index < -0.39 is 11.8 Å². The third-order valence-electron chi connectivity index (χ3n) is 0.457. The summed E-state index contributed by atoms with van der Waals surface area (Å²) in [6.07, 6.45) is 0. The molecule has 0 saturated carbocycles. The van der Waals surface area contributed by atoms with Crippen molar-refractivity contribution in [2.24, 2.45) is 0 Å². The summed E-state index contributed by atoms with van der Waals surface area (Å²) in [6.45, 7) is 0.899. The third-order valence-corrected chi connectivity index (χ3v) is 0.751. The summed E-state index contributed by atoms with van der Waals surface area (Å²) in [5.41, 5.74) is 0. The van der Waals surface area contributed by atoms with E-state index in [1.54, 1.807) is 0 Å². The van der Waals surface area contributed by atoms with Crippen LogP contribution in [-0.4, -0.2) is 22.0 Å². The quantitative estimate of drug-likeness (QED) is 0.542. The van der Waals surface area contributed by atoms with Gasteiger partial charge in [-0.25, -0.2) is 4.79 Å². The van der Waals surface area contributed by atoms with Crippen molar-refractivity contribution in [3.05, 3.63) is 0 Å². The highest BCUT2D eigenvalue weighted by molar-refractivity contribution is 9.06. The molecule has 0 unspecified atom stereocenters. The smallest absolute Gasteiger partial charge is 0.377 e. The Hall–Kier alpha value is -0.130. The summed E-state index contributed by atoms with van der Waals surface area (Å²) < 4.78 is 3.79. The van der Waals surface area contributed by atoms with Crippen LogP contribution in [0.3, 0.4) is 0 Å². The minimum Gasteiger partial charge on any atom is -0.380 e. The van der Waals surface area contributed by atoms with Gasteiger partial charge in [0, 0.05) is 6.92 Å². The monoisotopic (exact) mass is 184 g/mol. The molecule has 0 aliphatic heterocycles. The molecule has 0 spiro atoms. The Morgan fingerprint density at radius 1 is 1.75 bits per heavy atom. The molecule has 0 radical (unpaired) electrons. The van der Waals surface area contributed by atoms with E-state index in [4.69, 9.17) is 10.2 Å². The van der Waals surface area contributed by atoms with E-state index in [1.807, 2.05) is 0 Å². The van der Waals surface area contributed by atoms with Crippen LogP contribution in [0.15, 0.2) is 0 Å². The Labute approximate surface area is 54.5 Å². The number of halogens is 1. The molecule has 0 amide bonds. The van der Waals surface area contributed by atoms with E-state index in [-0.39, 0.29) is 0 Å². The van der Waals surface area contributed by atoms with Gasteiger partial charge in [0.15, 0.2) is 16.3 Å². The average Bonchev–Trinajstić information content (AvgIpc) is 1.62. The maximum atomic E-state index is 10.1. The van der Waals surface area contributed by atoms with E-state index in [0.717, 1.165) is 6.92 Å². The molecule has 5 heteroatoms. The maximum Gasteiger partial charge on any atom is 0.377 e. The SMILES string of the molecule is CC(O)(O)C(=O)OBr. The van der Waals surface area contributed by atoms with Crippen LogP contribution in [0, 0.1) is 0 Å². The molecular formula is C3H5BrO4. The molecule has 0 fully saturated rings. The normalized spacial score (nSPS) is 11.0. The highest BCUT2D eigenvalue weighted by Gasteiger charge is 2.27. The number of hydrogen-bond donors (Lipinski definition) is 2. The molecule has 0 aromatic heterocycles. The molecule has 0 aromatic rings. The largest absolute Gasteiger partial charge is 0.380 e. The lowest BCUT2D eigenvalue weighted by atomic mass is 10.3. The number of carbonyl (C=O) groups excluding carboxylic acids is 1. The second-order valence-electron chi connectivity index (χ2n) is 1.39. The predicted octanol–water partition coefficient (Wildman–Crippen LogP) is -0.460. The van der Waals surface area contributed by atoms with E-state index in [9.17, 15) is 4.79 Å². The summed E-state index contributed by atoms with van der Waals surface area (Å²) in [6, 6.07) is 0. The summed E-state index contributed by atoms with van der Waals surface area (Å²) >= 11 is 2.28. The lowest BCUT2D eigenvalue weighted by Gasteiger charge is -2.09. The van der Waals surface area contributed by atoms with Crippen molar-refractivity contribution < 1.29 is 18.8 Å². The van der Waals surface area contributed by atoms with Gasteiger partial charge in [-0.1, -0.05) is 0 Å². The third kappa shape index (κ3) is 2.25. The molecule has 0 saturated heterocycles. The number of hydrogen-bond acceptors (Lipinski definition) is 4. The molecule has 0 aliphatic rings. The Balaban J connectivity index is 3.82. The molecule has 0 aromatic carbocycles. The minimum absolute atomic E-state index is 0.899. The topological polar surface area (TPSA) is 66.8 Å². The van der Waals surface area contributed by atoms with E-state index in [1.165, 1.54) is 0 Å². The van der Waals surface area contributed by atoms with Crippen molar-refractivity contribution >= 4 is 22.2 Å². The number of rotatable bonds is 1. The summed E-state index contributed by atoms with van der Waals surface area (Å²) in [5.74, 6) is -3.54. The van der Waals surface area contributed by atoms with Gasteiger partial charge in [0.1, 0.15) is 0 Å². The molecule has 0 rings (SSSR count). The van der Waals surface area contributed by atoms with Crippen molar-refractivity contribution in [3.63, 3.8) is 0 Å². The van der Waals surface area contributed by atoms with Gasteiger partial charge in [0.2, 0.25) is 0 Å². The number of carbonyl (C=O) groups is 1. The van der Waals surface area contributed by atoms with Crippen LogP contribution in [0.1, 0.15) is 6.92 Å². The second kappa shape index (κ2) is 2.43. The van der Waals surface area contributed by atoms with Crippen LogP contribution in [0.25, 0.3) is 0 Å². The first kappa shape index (κ1) is 7.87. The fourth-order valence-electron chi connectivity index (χ4n) is 0.0731. The standard InChI is InChI=1S/C3H5BrO4/c1-3(6,7)2(5)8-4/h6-7H,1H3. The van der Waals surface area contributed by atoms with Crippen molar-refractivity contribution in [2.45, 2.75) is 12.7 Å². The van der Waals surface area contributed by atoms with Gasteiger partial charge in [-0.2, -0.15) is 0 Å². The van der Waals surface area contributed by atoms with Crippen molar-refractivity contribution in [1.82, 2.24) is 0 Å². The molecule has 0 aliphatic carbocycles. The maximum absolute atomic E-state index is 10.1. The lowest BCUT2D eigenvalue weighted by Crippen LogP contribution is -2.34. The zero-order valence-corrected chi connectivity index (χ0v) is 5.67. The van der Waals surface area contributed by atoms with Gasteiger partial charge in [-0.3, -0.25) is 0 Å². The van der Waals surface area contributed by atoms with Crippen LogP contribution < -0.4 is 0 Å². The highest BCUT2D eigenvalue weighted by atomic mass is 79.9. The van der Waals surface area contributed by atoms with Gasteiger partial charge >= 0.3 is 5.97 Å². The molecule has 2 N–H and O–H groups in total.